The maximum absolute atomic E-state index is 4.69. The zero-order valence-electron chi connectivity index (χ0n) is 11.5. The van der Waals surface area contributed by atoms with Crippen LogP contribution in [-0.2, 0) is 0 Å². The van der Waals surface area contributed by atoms with Crippen LogP contribution < -0.4 is 0 Å². The first kappa shape index (κ1) is 13.7. The number of nitrogens with zero attached hydrogens (tertiary/aromatic N) is 1. The molecule has 1 unspecified atom stereocenters. The number of rotatable bonds is 4. The molecule has 1 nitrogen and oxygen atoms in total. The molecule has 0 aromatic rings. The highest BCUT2D eigenvalue weighted by Crippen LogP contribution is 2.42. The second-order valence-electron chi connectivity index (χ2n) is 4.76. The van der Waals surface area contributed by atoms with Crippen LogP contribution in [0.3, 0.4) is 0 Å². The summed E-state index contributed by atoms with van der Waals surface area (Å²) >= 11 is 0. The van der Waals surface area contributed by atoms with Gasteiger partial charge in [0.15, 0.2) is 0 Å². The van der Waals surface area contributed by atoms with Gasteiger partial charge in [0.25, 0.3) is 0 Å². The van der Waals surface area contributed by atoms with Crippen LogP contribution in [0.2, 0.25) is 0 Å². The van der Waals surface area contributed by atoms with Crippen molar-refractivity contribution in [3.05, 3.63) is 48.2 Å². The lowest BCUT2D eigenvalue weighted by molar-refractivity contribution is 0.498. The Kier molecular flexibility index (Phi) is 4.28. The minimum absolute atomic E-state index is 0.00387. The predicted molar refractivity (Wildman–Crippen MR) is 77.3 cm³/mol. The van der Waals surface area contributed by atoms with Gasteiger partial charge in [-0.3, -0.25) is 4.99 Å². The van der Waals surface area contributed by atoms with E-state index in [0.29, 0.717) is 0 Å². The van der Waals surface area contributed by atoms with Gasteiger partial charge in [0.2, 0.25) is 0 Å². The van der Waals surface area contributed by atoms with Crippen molar-refractivity contribution >= 4 is 5.71 Å². The number of hydrogen-bond acceptors (Lipinski definition) is 1. The Balaban J connectivity index is 3.34. The molecule has 0 aromatic carbocycles. The highest BCUT2D eigenvalue weighted by Gasteiger charge is 2.35. The molecule has 0 N–H and O–H groups in total. The predicted octanol–water partition coefficient (Wildman–Crippen LogP) is 4.84. The van der Waals surface area contributed by atoms with Crippen molar-refractivity contribution in [2.24, 2.45) is 10.4 Å². The maximum Gasteiger partial charge on any atom is 0.0698 e. The Morgan fingerprint density at radius 1 is 1.41 bits per heavy atom. The molecule has 0 spiro atoms. The van der Waals surface area contributed by atoms with E-state index in [1.807, 2.05) is 19.1 Å². The second kappa shape index (κ2) is 5.31. The molecule has 0 saturated carbocycles. The standard InChI is InChI=1S/C16H23N/c1-7-10-14-12(4)16(6,11-8-2)13(5)17-15(14)9-3/h7,9-10H,3-4,8,11H2,1-2,5-6H3/b10-7-. The molecule has 0 saturated heterocycles. The zero-order valence-corrected chi connectivity index (χ0v) is 11.5. The van der Waals surface area contributed by atoms with E-state index in [-0.39, 0.29) is 5.41 Å². The van der Waals surface area contributed by atoms with Crippen LogP contribution in [0.4, 0.5) is 0 Å². The third-order valence-electron chi connectivity index (χ3n) is 3.63. The van der Waals surface area contributed by atoms with E-state index in [4.69, 9.17) is 0 Å². The van der Waals surface area contributed by atoms with E-state index < -0.39 is 0 Å². The van der Waals surface area contributed by atoms with Gasteiger partial charge in [0.05, 0.1) is 5.70 Å². The van der Waals surface area contributed by atoms with Crippen molar-refractivity contribution in [3.8, 4) is 0 Å². The quantitative estimate of drug-likeness (QED) is 0.654. The van der Waals surface area contributed by atoms with Gasteiger partial charge in [-0.05, 0) is 31.9 Å². The summed E-state index contributed by atoms with van der Waals surface area (Å²) in [4.78, 5) is 4.69. The van der Waals surface area contributed by atoms with Crippen molar-refractivity contribution in [2.75, 3.05) is 0 Å². The summed E-state index contributed by atoms with van der Waals surface area (Å²) in [5, 5.41) is 0. The molecule has 0 amide bonds. The molecular weight excluding hydrogens is 206 g/mol. The molecule has 0 aromatic heterocycles. The van der Waals surface area contributed by atoms with Crippen LogP contribution in [0.5, 0.6) is 0 Å². The van der Waals surface area contributed by atoms with E-state index in [9.17, 15) is 0 Å². The summed E-state index contributed by atoms with van der Waals surface area (Å²) in [7, 11) is 0. The summed E-state index contributed by atoms with van der Waals surface area (Å²) in [6, 6.07) is 0. The summed E-state index contributed by atoms with van der Waals surface area (Å²) in [5.41, 5.74) is 4.38. The van der Waals surface area contributed by atoms with Gasteiger partial charge >= 0.3 is 0 Å². The van der Waals surface area contributed by atoms with Gasteiger partial charge < -0.3 is 0 Å². The summed E-state index contributed by atoms with van der Waals surface area (Å²) in [5.74, 6) is 0. The zero-order chi connectivity index (χ0) is 13.1. The van der Waals surface area contributed by atoms with Crippen LogP contribution in [0.15, 0.2) is 53.2 Å². The largest absolute Gasteiger partial charge is 0.257 e. The van der Waals surface area contributed by atoms with Crippen molar-refractivity contribution in [3.63, 3.8) is 0 Å². The third kappa shape index (κ3) is 2.33. The van der Waals surface area contributed by atoms with Crippen molar-refractivity contribution in [1.82, 2.24) is 0 Å². The average Bonchev–Trinajstić information content (AvgIpc) is 2.31. The Bertz CT molecular complexity index is 421. The lowest BCUT2D eigenvalue weighted by Crippen LogP contribution is -2.31. The maximum atomic E-state index is 4.69. The summed E-state index contributed by atoms with van der Waals surface area (Å²) in [6.07, 6.45) is 8.16. The highest BCUT2D eigenvalue weighted by atomic mass is 14.8. The lowest BCUT2D eigenvalue weighted by atomic mass is 9.70. The molecule has 1 aliphatic rings. The Labute approximate surface area is 105 Å². The second-order valence-corrected chi connectivity index (χ2v) is 4.76. The van der Waals surface area contributed by atoms with Gasteiger partial charge in [-0.2, -0.15) is 0 Å². The fraction of sp³-hybridized carbons (Fsp3) is 0.438. The van der Waals surface area contributed by atoms with Crippen LogP contribution in [0.25, 0.3) is 0 Å². The molecule has 0 radical (unpaired) electrons. The number of hydrogen-bond donors (Lipinski definition) is 0. The Hall–Kier alpha value is -1.37. The van der Waals surface area contributed by atoms with Crippen LogP contribution in [0.1, 0.15) is 40.5 Å². The molecule has 1 heteroatoms. The fourth-order valence-corrected chi connectivity index (χ4v) is 2.37. The molecule has 1 atom stereocenters. The molecule has 1 heterocycles. The first-order valence-electron chi connectivity index (χ1n) is 6.26. The molecule has 1 rings (SSSR count). The van der Waals surface area contributed by atoms with Crippen molar-refractivity contribution in [2.45, 2.75) is 40.5 Å². The minimum atomic E-state index is -0.00387. The summed E-state index contributed by atoms with van der Waals surface area (Å²) < 4.78 is 0. The number of allylic oxidation sites excluding steroid dienone is 5. The Morgan fingerprint density at radius 2 is 2.06 bits per heavy atom. The monoisotopic (exact) mass is 229 g/mol. The topological polar surface area (TPSA) is 12.4 Å². The van der Waals surface area contributed by atoms with Gasteiger partial charge in [-0.25, -0.2) is 0 Å². The van der Waals surface area contributed by atoms with Crippen molar-refractivity contribution < 1.29 is 0 Å². The third-order valence-corrected chi connectivity index (χ3v) is 3.63. The molecule has 0 aliphatic carbocycles. The van der Waals surface area contributed by atoms with E-state index in [2.05, 4.69) is 45.0 Å². The Morgan fingerprint density at radius 3 is 2.53 bits per heavy atom. The molecule has 92 valence electrons. The SMILES string of the molecule is C=CC1=C(/C=C\C)C(=C)C(C)(CCC)C(C)=N1. The lowest BCUT2D eigenvalue weighted by Gasteiger charge is -2.36. The van der Waals surface area contributed by atoms with Gasteiger partial charge in [0.1, 0.15) is 0 Å². The minimum Gasteiger partial charge on any atom is -0.257 e. The first-order chi connectivity index (χ1) is 8.01. The van der Waals surface area contributed by atoms with E-state index >= 15 is 0 Å². The fourth-order valence-electron chi connectivity index (χ4n) is 2.37. The van der Waals surface area contributed by atoms with Crippen LogP contribution in [-0.4, -0.2) is 5.71 Å². The van der Waals surface area contributed by atoms with Gasteiger partial charge in [-0.1, -0.05) is 45.6 Å². The highest BCUT2D eigenvalue weighted by molar-refractivity contribution is 5.94. The number of aliphatic imine (C=N–C) groups is 1. The van der Waals surface area contributed by atoms with Gasteiger partial charge in [-0.15, -0.1) is 0 Å². The molecular formula is C16H23N. The summed E-state index contributed by atoms with van der Waals surface area (Å²) in [6.45, 7) is 16.7. The molecule has 0 bridgehead atoms. The van der Waals surface area contributed by atoms with E-state index in [1.165, 1.54) is 5.57 Å². The molecule has 1 aliphatic heterocycles. The first-order valence-corrected chi connectivity index (χ1v) is 6.26. The average molecular weight is 229 g/mol. The van der Waals surface area contributed by atoms with Crippen LogP contribution >= 0.6 is 0 Å². The van der Waals surface area contributed by atoms with Gasteiger partial charge in [0, 0.05) is 16.7 Å². The smallest absolute Gasteiger partial charge is 0.0698 e. The van der Waals surface area contributed by atoms with E-state index in [0.717, 1.165) is 29.8 Å². The normalized spacial score (nSPS) is 25.4. The van der Waals surface area contributed by atoms with Crippen molar-refractivity contribution in [1.29, 1.82) is 0 Å². The van der Waals surface area contributed by atoms with E-state index in [1.54, 1.807) is 0 Å². The van der Waals surface area contributed by atoms with Crippen LogP contribution in [0, 0.1) is 5.41 Å². The molecule has 0 fully saturated rings. The molecule has 17 heavy (non-hydrogen) atoms.